The van der Waals surface area contributed by atoms with E-state index in [0.717, 1.165) is 0 Å². The predicted octanol–water partition coefficient (Wildman–Crippen LogP) is 3.12. The summed E-state index contributed by atoms with van der Waals surface area (Å²) >= 11 is 5.82. The van der Waals surface area contributed by atoms with Gasteiger partial charge in [0.1, 0.15) is 6.61 Å². The molecule has 0 fully saturated rings. The van der Waals surface area contributed by atoms with Gasteiger partial charge >= 0.3 is 0 Å². The van der Waals surface area contributed by atoms with E-state index in [0.29, 0.717) is 39.5 Å². The molecule has 1 unspecified atom stereocenters. The van der Waals surface area contributed by atoms with Crippen LogP contribution >= 0.6 is 11.6 Å². The monoisotopic (exact) mass is 325 g/mol. The van der Waals surface area contributed by atoms with Crippen molar-refractivity contribution in [1.82, 2.24) is 0 Å². The lowest BCUT2D eigenvalue weighted by Gasteiger charge is -2.10. The van der Waals surface area contributed by atoms with E-state index < -0.39 is 10.8 Å². The molecule has 0 aromatic heterocycles. The third kappa shape index (κ3) is 4.12. The molecule has 0 bridgehead atoms. The van der Waals surface area contributed by atoms with Gasteiger partial charge in [-0.15, -0.1) is 0 Å². The molecule has 0 amide bonds. The number of hydrogen-bond donors (Lipinski definition) is 1. The molecule has 2 rings (SSSR count). The minimum absolute atomic E-state index is 0.301. The zero-order valence-electron chi connectivity index (χ0n) is 11.5. The quantitative estimate of drug-likeness (QED) is 0.829. The van der Waals surface area contributed by atoms with Crippen LogP contribution in [0.4, 0.5) is 5.69 Å². The third-order valence-electron chi connectivity index (χ3n) is 2.81. The molecule has 0 aliphatic rings. The van der Waals surface area contributed by atoms with Crippen molar-refractivity contribution in [2.24, 2.45) is 0 Å². The molecule has 0 aliphatic carbocycles. The van der Waals surface area contributed by atoms with Crippen LogP contribution < -0.4 is 15.2 Å². The maximum absolute atomic E-state index is 12.2. The largest absolute Gasteiger partial charge is 0.493 e. The van der Waals surface area contributed by atoms with Crippen molar-refractivity contribution in [1.29, 1.82) is 0 Å². The Hall–Kier alpha value is -1.72. The second-order valence-electron chi connectivity index (χ2n) is 4.23. The summed E-state index contributed by atoms with van der Waals surface area (Å²) in [5, 5.41) is 0.526. The first kappa shape index (κ1) is 15.7. The summed E-state index contributed by atoms with van der Waals surface area (Å²) in [6.07, 6.45) is 0. The van der Waals surface area contributed by atoms with Gasteiger partial charge < -0.3 is 15.2 Å². The SMILES string of the molecule is COc1ccccc1OCCS(=O)c1ccc(Cl)cc1N. The first-order valence-corrected chi connectivity index (χ1v) is 8.00. The average Bonchev–Trinajstić information content (AvgIpc) is 2.47. The molecule has 1 atom stereocenters. The summed E-state index contributed by atoms with van der Waals surface area (Å²) in [5.74, 6) is 1.61. The molecule has 0 heterocycles. The lowest BCUT2D eigenvalue weighted by Crippen LogP contribution is -2.10. The number of hydrogen-bond acceptors (Lipinski definition) is 4. The molecule has 0 saturated carbocycles. The lowest BCUT2D eigenvalue weighted by atomic mass is 10.3. The zero-order chi connectivity index (χ0) is 15.2. The number of nitrogens with two attached hydrogens (primary N) is 1. The Balaban J connectivity index is 1.95. The summed E-state index contributed by atoms with van der Waals surface area (Å²) in [4.78, 5) is 0.572. The van der Waals surface area contributed by atoms with Gasteiger partial charge in [-0.25, -0.2) is 0 Å². The Morgan fingerprint density at radius 1 is 1.19 bits per heavy atom. The van der Waals surface area contributed by atoms with Gasteiger partial charge in [0.05, 0.1) is 28.6 Å². The molecule has 0 saturated heterocycles. The van der Waals surface area contributed by atoms with Crippen molar-refractivity contribution in [2.75, 3.05) is 25.2 Å². The van der Waals surface area contributed by atoms with Crippen LogP contribution in [0.2, 0.25) is 5.02 Å². The van der Waals surface area contributed by atoms with Gasteiger partial charge in [0.25, 0.3) is 0 Å². The predicted molar refractivity (Wildman–Crippen MR) is 85.6 cm³/mol. The molecule has 0 spiro atoms. The van der Waals surface area contributed by atoms with Crippen molar-refractivity contribution in [3.05, 3.63) is 47.5 Å². The van der Waals surface area contributed by atoms with E-state index in [2.05, 4.69) is 0 Å². The van der Waals surface area contributed by atoms with E-state index in [4.69, 9.17) is 26.8 Å². The van der Waals surface area contributed by atoms with Crippen molar-refractivity contribution in [3.8, 4) is 11.5 Å². The van der Waals surface area contributed by atoms with E-state index in [9.17, 15) is 4.21 Å². The molecule has 2 aromatic rings. The highest BCUT2D eigenvalue weighted by Gasteiger charge is 2.09. The number of benzene rings is 2. The maximum Gasteiger partial charge on any atom is 0.161 e. The molecule has 6 heteroatoms. The second-order valence-corrected chi connectivity index (χ2v) is 6.21. The highest BCUT2D eigenvalue weighted by molar-refractivity contribution is 7.85. The fraction of sp³-hybridized carbons (Fsp3) is 0.200. The van der Waals surface area contributed by atoms with E-state index in [1.807, 2.05) is 18.2 Å². The molecule has 2 N–H and O–H groups in total. The van der Waals surface area contributed by atoms with Crippen LogP contribution in [-0.4, -0.2) is 23.7 Å². The molecule has 0 radical (unpaired) electrons. The number of methoxy groups -OCH3 is 1. The Morgan fingerprint density at radius 3 is 2.57 bits per heavy atom. The Bertz CT molecular complexity index is 649. The smallest absolute Gasteiger partial charge is 0.161 e. The molecule has 4 nitrogen and oxygen atoms in total. The van der Waals surface area contributed by atoms with Crippen LogP contribution in [0.5, 0.6) is 11.5 Å². The first-order valence-electron chi connectivity index (χ1n) is 6.31. The van der Waals surface area contributed by atoms with Crippen LogP contribution in [0.1, 0.15) is 0 Å². The molecule has 112 valence electrons. The fourth-order valence-electron chi connectivity index (χ4n) is 1.80. The van der Waals surface area contributed by atoms with Gasteiger partial charge in [0.2, 0.25) is 0 Å². The van der Waals surface area contributed by atoms with E-state index in [-0.39, 0.29) is 0 Å². The van der Waals surface area contributed by atoms with Crippen molar-refractivity contribution >= 4 is 28.1 Å². The summed E-state index contributed by atoms with van der Waals surface area (Å²) in [5.41, 5.74) is 6.24. The maximum atomic E-state index is 12.2. The third-order valence-corrected chi connectivity index (χ3v) is 4.45. The number of halogens is 1. The fourth-order valence-corrected chi connectivity index (χ4v) is 2.98. The Labute approximate surface area is 131 Å². The van der Waals surface area contributed by atoms with Crippen LogP contribution in [0.15, 0.2) is 47.4 Å². The van der Waals surface area contributed by atoms with Gasteiger partial charge in [0.15, 0.2) is 11.5 Å². The molecule has 2 aromatic carbocycles. The lowest BCUT2D eigenvalue weighted by molar-refractivity contribution is 0.313. The minimum Gasteiger partial charge on any atom is -0.493 e. The number of para-hydroxylation sites is 2. The first-order chi connectivity index (χ1) is 10.1. The summed E-state index contributed by atoms with van der Waals surface area (Å²) < 4.78 is 23.0. The van der Waals surface area contributed by atoms with Crippen molar-refractivity contribution in [3.63, 3.8) is 0 Å². The summed E-state index contributed by atoms with van der Waals surface area (Å²) in [6.45, 7) is 0.301. The zero-order valence-corrected chi connectivity index (χ0v) is 13.1. The van der Waals surface area contributed by atoms with Gasteiger partial charge in [-0.05, 0) is 30.3 Å². The van der Waals surface area contributed by atoms with Crippen LogP contribution in [-0.2, 0) is 10.8 Å². The number of nitrogen functional groups attached to an aromatic ring is 1. The van der Waals surface area contributed by atoms with Crippen LogP contribution in [0.3, 0.4) is 0 Å². The normalized spacial score (nSPS) is 11.9. The Kier molecular flexibility index (Phi) is 5.47. The van der Waals surface area contributed by atoms with Gasteiger partial charge in [-0.3, -0.25) is 4.21 Å². The standard InChI is InChI=1S/C15H16ClNO3S/c1-19-13-4-2-3-5-14(13)20-8-9-21(18)15-7-6-11(16)10-12(15)17/h2-7,10H,8-9,17H2,1H3. The van der Waals surface area contributed by atoms with Crippen LogP contribution in [0.25, 0.3) is 0 Å². The molecular formula is C15H16ClNO3S. The van der Waals surface area contributed by atoms with Gasteiger partial charge in [0, 0.05) is 10.7 Å². The topological polar surface area (TPSA) is 61.5 Å². The number of rotatable bonds is 6. The minimum atomic E-state index is -1.23. The van der Waals surface area contributed by atoms with E-state index >= 15 is 0 Å². The van der Waals surface area contributed by atoms with E-state index in [1.165, 1.54) is 0 Å². The highest BCUT2D eigenvalue weighted by Crippen LogP contribution is 2.26. The summed E-state index contributed by atoms with van der Waals surface area (Å²) in [7, 11) is 0.343. The Morgan fingerprint density at radius 2 is 1.90 bits per heavy atom. The van der Waals surface area contributed by atoms with Crippen molar-refractivity contribution in [2.45, 2.75) is 4.90 Å². The number of ether oxygens (including phenoxy) is 2. The second kappa shape index (κ2) is 7.33. The van der Waals surface area contributed by atoms with Gasteiger partial charge in [-0.1, -0.05) is 23.7 Å². The van der Waals surface area contributed by atoms with E-state index in [1.54, 1.807) is 31.4 Å². The molecular weight excluding hydrogens is 310 g/mol. The highest BCUT2D eigenvalue weighted by atomic mass is 35.5. The molecule has 0 aliphatic heterocycles. The summed E-state index contributed by atoms with van der Waals surface area (Å²) in [6, 6.07) is 12.3. The van der Waals surface area contributed by atoms with Gasteiger partial charge in [-0.2, -0.15) is 0 Å². The average molecular weight is 326 g/mol. The van der Waals surface area contributed by atoms with Crippen LogP contribution in [0, 0.1) is 0 Å². The van der Waals surface area contributed by atoms with Crippen molar-refractivity contribution < 1.29 is 13.7 Å². The molecule has 21 heavy (non-hydrogen) atoms. The number of anilines is 1.